The summed E-state index contributed by atoms with van der Waals surface area (Å²) in [5.74, 6) is 0.551. The lowest BCUT2D eigenvalue weighted by atomic mass is 10.1. The van der Waals surface area contributed by atoms with Gasteiger partial charge in [0.1, 0.15) is 0 Å². The molecule has 1 fully saturated rings. The van der Waals surface area contributed by atoms with Crippen LogP contribution in [0.2, 0.25) is 0 Å². The van der Waals surface area contributed by atoms with Crippen LogP contribution in [0, 0.1) is 5.92 Å². The maximum absolute atomic E-state index is 9.12. The molecular weight excluding hydrogens is 170 g/mol. The van der Waals surface area contributed by atoms with Crippen molar-refractivity contribution in [2.24, 2.45) is 11.7 Å². The molecule has 4 heteroatoms. The van der Waals surface area contributed by atoms with E-state index >= 15 is 0 Å². The van der Waals surface area contributed by atoms with Gasteiger partial charge in [-0.3, -0.25) is 0 Å². The van der Waals surface area contributed by atoms with Gasteiger partial charge in [-0.15, -0.1) is 0 Å². The molecule has 0 spiro atoms. The first-order valence-corrected chi connectivity index (χ1v) is 4.86. The van der Waals surface area contributed by atoms with Gasteiger partial charge in [0.05, 0.1) is 19.3 Å². The van der Waals surface area contributed by atoms with Crippen molar-refractivity contribution in [3.05, 3.63) is 0 Å². The molecule has 0 radical (unpaired) electrons. The zero-order chi connectivity index (χ0) is 9.52. The smallest absolute Gasteiger partial charge is 0.0684 e. The first-order valence-electron chi connectivity index (χ1n) is 4.86. The molecule has 4 nitrogen and oxygen atoms in total. The number of hydrogen-bond donors (Lipinski definition) is 2. The Hall–Kier alpha value is -0.160. The van der Waals surface area contributed by atoms with Gasteiger partial charge < -0.3 is 20.3 Å². The van der Waals surface area contributed by atoms with E-state index in [1.54, 1.807) is 0 Å². The van der Waals surface area contributed by atoms with Gasteiger partial charge in [0.2, 0.25) is 0 Å². The first kappa shape index (κ1) is 10.9. The summed E-state index contributed by atoms with van der Waals surface area (Å²) in [5, 5.41) is 9.12. The van der Waals surface area contributed by atoms with Crippen LogP contribution in [0.25, 0.3) is 0 Å². The molecule has 0 aromatic heterocycles. The summed E-state index contributed by atoms with van der Waals surface area (Å²) in [4.78, 5) is 0. The number of nitrogens with two attached hydrogens (primary N) is 1. The normalized spacial score (nSPS) is 24.9. The van der Waals surface area contributed by atoms with Crippen molar-refractivity contribution in [2.45, 2.75) is 18.9 Å². The van der Waals surface area contributed by atoms with Crippen LogP contribution in [0.1, 0.15) is 12.8 Å². The second kappa shape index (κ2) is 6.32. The standard InChI is InChI=1S/C9H19NO3/c10-5-9(11)2-4-13-7-8-1-3-12-6-8/h8-9,11H,1-7,10H2. The van der Waals surface area contributed by atoms with Crippen molar-refractivity contribution in [1.82, 2.24) is 0 Å². The van der Waals surface area contributed by atoms with Crippen LogP contribution in [-0.2, 0) is 9.47 Å². The number of hydrogen-bond acceptors (Lipinski definition) is 4. The van der Waals surface area contributed by atoms with E-state index in [2.05, 4.69) is 0 Å². The van der Waals surface area contributed by atoms with Gasteiger partial charge in [0.15, 0.2) is 0 Å². The highest BCUT2D eigenvalue weighted by atomic mass is 16.5. The second-order valence-corrected chi connectivity index (χ2v) is 3.48. The van der Waals surface area contributed by atoms with E-state index in [0.29, 0.717) is 25.5 Å². The Labute approximate surface area is 79.0 Å². The molecule has 2 unspecified atom stereocenters. The number of aliphatic hydroxyl groups excluding tert-OH is 1. The average molecular weight is 189 g/mol. The summed E-state index contributed by atoms with van der Waals surface area (Å²) >= 11 is 0. The van der Waals surface area contributed by atoms with E-state index in [9.17, 15) is 0 Å². The van der Waals surface area contributed by atoms with Gasteiger partial charge in [0, 0.05) is 25.7 Å². The van der Waals surface area contributed by atoms with Crippen LogP contribution >= 0.6 is 0 Å². The van der Waals surface area contributed by atoms with E-state index in [1.165, 1.54) is 0 Å². The molecule has 1 rings (SSSR count). The molecule has 1 saturated heterocycles. The molecule has 0 amide bonds. The molecule has 3 N–H and O–H groups in total. The lowest BCUT2D eigenvalue weighted by Gasteiger charge is -2.10. The van der Waals surface area contributed by atoms with Crippen molar-refractivity contribution in [2.75, 3.05) is 33.0 Å². The highest BCUT2D eigenvalue weighted by Crippen LogP contribution is 2.12. The topological polar surface area (TPSA) is 64.7 Å². The quantitative estimate of drug-likeness (QED) is 0.565. The molecule has 1 heterocycles. The number of ether oxygens (including phenoxy) is 2. The Morgan fingerprint density at radius 3 is 3.08 bits per heavy atom. The number of rotatable bonds is 6. The van der Waals surface area contributed by atoms with Gasteiger partial charge in [-0.2, -0.15) is 0 Å². The molecule has 13 heavy (non-hydrogen) atoms. The highest BCUT2D eigenvalue weighted by Gasteiger charge is 2.15. The summed E-state index contributed by atoms with van der Waals surface area (Å²) in [6.07, 6.45) is 1.31. The monoisotopic (exact) mass is 189 g/mol. The molecule has 0 aromatic rings. The molecule has 0 saturated carbocycles. The summed E-state index contributed by atoms with van der Waals surface area (Å²) in [7, 11) is 0. The molecule has 1 aliphatic rings. The summed E-state index contributed by atoms with van der Waals surface area (Å²) in [6, 6.07) is 0. The minimum atomic E-state index is -0.417. The lowest BCUT2D eigenvalue weighted by molar-refractivity contribution is 0.0611. The van der Waals surface area contributed by atoms with Gasteiger partial charge in [-0.05, 0) is 12.8 Å². The van der Waals surface area contributed by atoms with Crippen molar-refractivity contribution >= 4 is 0 Å². The van der Waals surface area contributed by atoms with E-state index < -0.39 is 6.10 Å². The first-order chi connectivity index (χ1) is 6.33. The Morgan fingerprint density at radius 1 is 1.62 bits per heavy atom. The second-order valence-electron chi connectivity index (χ2n) is 3.48. The van der Waals surface area contributed by atoms with Crippen LogP contribution in [-0.4, -0.2) is 44.2 Å². The van der Waals surface area contributed by atoms with Crippen molar-refractivity contribution in [3.63, 3.8) is 0 Å². The van der Waals surface area contributed by atoms with Gasteiger partial charge in [-0.25, -0.2) is 0 Å². The van der Waals surface area contributed by atoms with E-state index in [0.717, 1.165) is 26.2 Å². The predicted octanol–water partition coefficient (Wildman–Crippen LogP) is -0.251. The summed E-state index contributed by atoms with van der Waals surface area (Å²) < 4.78 is 10.6. The maximum atomic E-state index is 9.12. The SMILES string of the molecule is NCC(O)CCOCC1CCOC1. The highest BCUT2D eigenvalue weighted by molar-refractivity contribution is 4.63. The summed E-state index contributed by atoms with van der Waals surface area (Å²) in [5.41, 5.74) is 5.25. The van der Waals surface area contributed by atoms with Crippen molar-refractivity contribution < 1.29 is 14.6 Å². The van der Waals surface area contributed by atoms with E-state index in [4.69, 9.17) is 20.3 Å². The van der Waals surface area contributed by atoms with Gasteiger partial charge >= 0.3 is 0 Å². The zero-order valence-corrected chi connectivity index (χ0v) is 7.95. The molecule has 0 bridgehead atoms. The fraction of sp³-hybridized carbons (Fsp3) is 1.00. The van der Waals surface area contributed by atoms with Gasteiger partial charge in [0.25, 0.3) is 0 Å². The Morgan fingerprint density at radius 2 is 2.46 bits per heavy atom. The van der Waals surface area contributed by atoms with Crippen LogP contribution in [0.15, 0.2) is 0 Å². The zero-order valence-electron chi connectivity index (χ0n) is 7.95. The molecule has 78 valence electrons. The van der Waals surface area contributed by atoms with E-state index in [1.807, 2.05) is 0 Å². The average Bonchev–Trinajstić information content (AvgIpc) is 2.64. The minimum Gasteiger partial charge on any atom is -0.392 e. The Bertz CT molecular complexity index is 126. The molecular formula is C9H19NO3. The largest absolute Gasteiger partial charge is 0.392 e. The Balaban J connectivity index is 1.88. The van der Waals surface area contributed by atoms with Crippen LogP contribution < -0.4 is 5.73 Å². The molecule has 1 aliphatic heterocycles. The van der Waals surface area contributed by atoms with Crippen LogP contribution in [0.3, 0.4) is 0 Å². The Kier molecular flexibility index (Phi) is 5.31. The lowest BCUT2D eigenvalue weighted by Crippen LogP contribution is -2.22. The van der Waals surface area contributed by atoms with Gasteiger partial charge in [-0.1, -0.05) is 0 Å². The van der Waals surface area contributed by atoms with Crippen LogP contribution in [0.4, 0.5) is 0 Å². The fourth-order valence-electron chi connectivity index (χ4n) is 1.30. The third-order valence-corrected chi connectivity index (χ3v) is 2.25. The minimum absolute atomic E-state index is 0.315. The molecule has 2 atom stereocenters. The fourth-order valence-corrected chi connectivity index (χ4v) is 1.30. The van der Waals surface area contributed by atoms with Crippen LogP contribution in [0.5, 0.6) is 0 Å². The molecule has 0 aliphatic carbocycles. The molecule has 0 aromatic carbocycles. The van der Waals surface area contributed by atoms with Crippen molar-refractivity contribution in [1.29, 1.82) is 0 Å². The van der Waals surface area contributed by atoms with Crippen molar-refractivity contribution in [3.8, 4) is 0 Å². The summed E-state index contributed by atoms with van der Waals surface area (Å²) in [6.45, 7) is 3.33. The van der Waals surface area contributed by atoms with E-state index in [-0.39, 0.29) is 0 Å². The third-order valence-electron chi connectivity index (χ3n) is 2.25. The third kappa shape index (κ3) is 4.57. The number of aliphatic hydroxyl groups is 1. The maximum Gasteiger partial charge on any atom is 0.0684 e. The predicted molar refractivity (Wildman–Crippen MR) is 49.4 cm³/mol.